The van der Waals surface area contributed by atoms with E-state index < -0.39 is 15.9 Å². The Balaban J connectivity index is 1.41. The Hall–Kier alpha value is -3.01. The van der Waals surface area contributed by atoms with Crippen LogP contribution in [-0.2, 0) is 10.0 Å². The molecular formula is C23H26N4O4S. The standard InChI is InChI=1S/C23H26N4O4S/c1-3-26-12-14-27(15-13-26)32(29,30)20-10-8-19(9-11-20)24-23(28)22-16-21(25-31-22)18-6-4-17(2)5-7-18/h4-11,16H,3,12-15H2,1-2H3,(H,24,28). The lowest BCUT2D eigenvalue weighted by molar-refractivity contribution is 0.0988. The molecule has 1 fully saturated rings. The lowest BCUT2D eigenvalue weighted by Gasteiger charge is -2.33. The van der Waals surface area contributed by atoms with Crippen LogP contribution >= 0.6 is 0 Å². The first kappa shape index (κ1) is 22.2. The highest BCUT2D eigenvalue weighted by Gasteiger charge is 2.28. The Labute approximate surface area is 187 Å². The van der Waals surface area contributed by atoms with Crippen LogP contribution in [0, 0.1) is 6.92 Å². The summed E-state index contributed by atoms with van der Waals surface area (Å²) >= 11 is 0. The van der Waals surface area contributed by atoms with Crippen molar-refractivity contribution in [1.82, 2.24) is 14.4 Å². The van der Waals surface area contributed by atoms with Crippen molar-refractivity contribution in [2.75, 3.05) is 38.0 Å². The summed E-state index contributed by atoms with van der Waals surface area (Å²) in [4.78, 5) is 15.0. The smallest absolute Gasteiger partial charge is 0.294 e. The van der Waals surface area contributed by atoms with Crippen LogP contribution in [0.2, 0.25) is 0 Å². The molecule has 0 spiro atoms. The third kappa shape index (κ3) is 4.74. The number of anilines is 1. The number of nitrogens with one attached hydrogen (secondary N) is 1. The van der Waals surface area contributed by atoms with Gasteiger partial charge in [-0.05, 0) is 37.7 Å². The molecule has 1 aliphatic heterocycles. The number of benzene rings is 2. The average Bonchev–Trinajstić information content (AvgIpc) is 3.30. The van der Waals surface area contributed by atoms with Crippen LogP contribution < -0.4 is 5.32 Å². The zero-order valence-electron chi connectivity index (χ0n) is 18.1. The van der Waals surface area contributed by atoms with Crippen LogP contribution in [0.25, 0.3) is 11.3 Å². The van der Waals surface area contributed by atoms with Gasteiger partial charge < -0.3 is 14.7 Å². The summed E-state index contributed by atoms with van der Waals surface area (Å²) in [6.45, 7) is 7.39. The number of likely N-dealkylation sites (N-methyl/N-ethyl adjacent to an activating group) is 1. The van der Waals surface area contributed by atoms with Crippen molar-refractivity contribution >= 4 is 21.6 Å². The Morgan fingerprint density at radius 2 is 1.69 bits per heavy atom. The Kier molecular flexibility index (Phi) is 6.40. The Morgan fingerprint density at radius 1 is 1.03 bits per heavy atom. The van der Waals surface area contributed by atoms with Gasteiger partial charge in [0, 0.05) is 43.5 Å². The van der Waals surface area contributed by atoms with Gasteiger partial charge in [0.25, 0.3) is 5.91 Å². The fourth-order valence-electron chi connectivity index (χ4n) is 3.58. The second-order valence-corrected chi connectivity index (χ2v) is 9.70. The zero-order chi connectivity index (χ0) is 22.7. The second kappa shape index (κ2) is 9.23. The molecule has 0 bridgehead atoms. The van der Waals surface area contributed by atoms with E-state index in [-0.39, 0.29) is 10.7 Å². The van der Waals surface area contributed by atoms with Crippen molar-refractivity contribution in [3.05, 3.63) is 65.9 Å². The molecule has 1 N–H and O–H groups in total. The van der Waals surface area contributed by atoms with E-state index in [2.05, 4.69) is 22.3 Å². The molecule has 8 nitrogen and oxygen atoms in total. The van der Waals surface area contributed by atoms with Gasteiger partial charge in [0.15, 0.2) is 0 Å². The summed E-state index contributed by atoms with van der Waals surface area (Å²) in [7, 11) is -3.56. The summed E-state index contributed by atoms with van der Waals surface area (Å²) in [5, 5.41) is 6.68. The summed E-state index contributed by atoms with van der Waals surface area (Å²) in [5.41, 5.74) is 3.02. The molecule has 2 aromatic carbocycles. The number of nitrogens with zero attached hydrogens (tertiary/aromatic N) is 3. The summed E-state index contributed by atoms with van der Waals surface area (Å²) < 4.78 is 32.5. The molecule has 0 atom stereocenters. The molecule has 4 rings (SSSR count). The number of hydrogen-bond acceptors (Lipinski definition) is 6. The third-order valence-electron chi connectivity index (χ3n) is 5.61. The molecule has 0 aliphatic carbocycles. The van der Waals surface area contributed by atoms with Crippen molar-refractivity contribution in [3.8, 4) is 11.3 Å². The summed E-state index contributed by atoms with van der Waals surface area (Å²) in [6.07, 6.45) is 0. The fraction of sp³-hybridized carbons (Fsp3) is 0.304. The molecule has 2 heterocycles. The van der Waals surface area contributed by atoms with E-state index in [4.69, 9.17) is 4.52 Å². The van der Waals surface area contributed by atoms with Crippen molar-refractivity contribution in [2.24, 2.45) is 0 Å². The van der Waals surface area contributed by atoms with Crippen LogP contribution in [-0.4, -0.2) is 61.4 Å². The maximum absolute atomic E-state index is 12.9. The average molecular weight is 455 g/mol. The van der Waals surface area contributed by atoms with E-state index in [0.29, 0.717) is 24.5 Å². The number of carbonyl (C=O) groups excluding carboxylic acids is 1. The highest BCUT2D eigenvalue weighted by atomic mass is 32.2. The van der Waals surface area contributed by atoms with E-state index in [1.165, 1.54) is 16.4 Å². The number of aryl methyl sites for hydroxylation is 1. The largest absolute Gasteiger partial charge is 0.350 e. The van der Waals surface area contributed by atoms with Crippen molar-refractivity contribution in [3.63, 3.8) is 0 Å². The first-order valence-corrected chi connectivity index (χ1v) is 12.0. The highest BCUT2D eigenvalue weighted by Crippen LogP contribution is 2.22. The minimum absolute atomic E-state index is 0.0751. The minimum atomic E-state index is -3.56. The molecule has 1 saturated heterocycles. The molecule has 0 saturated carbocycles. The predicted molar refractivity (Wildman–Crippen MR) is 122 cm³/mol. The number of hydrogen-bond donors (Lipinski definition) is 1. The molecule has 0 unspecified atom stereocenters. The van der Waals surface area contributed by atoms with Crippen molar-refractivity contribution < 1.29 is 17.7 Å². The number of sulfonamides is 1. The molecular weight excluding hydrogens is 428 g/mol. The molecule has 0 radical (unpaired) electrons. The number of carbonyl (C=O) groups is 1. The van der Waals surface area contributed by atoms with Gasteiger partial charge >= 0.3 is 0 Å². The Morgan fingerprint density at radius 3 is 2.31 bits per heavy atom. The van der Waals surface area contributed by atoms with Crippen molar-refractivity contribution in [2.45, 2.75) is 18.7 Å². The van der Waals surface area contributed by atoms with Gasteiger partial charge in [0.2, 0.25) is 15.8 Å². The van der Waals surface area contributed by atoms with Gasteiger partial charge in [-0.25, -0.2) is 8.42 Å². The van der Waals surface area contributed by atoms with Crippen LogP contribution in [0.15, 0.2) is 64.0 Å². The lowest BCUT2D eigenvalue weighted by atomic mass is 10.1. The highest BCUT2D eigenvalue weighted by molar-refractivity contribution is 7.89. The quantitative estimate of drug-likeness (QED) is 0.614. The topological polar surface area (TPSA) is 95.8 Å². The van der Waals surface area contributed by atoms with E-state index in [0.717, 1.165) is 30.8 Å². The predicted octanol–water partition coefficient (Wildman–Crippen LogP) is 3.23. The summed E-state index contributed by atoms with van der Waals surface area (Å²) in [5.74, 6) is -0.381. The molecule has 168 valence electrons. The van der Waals surface area contributed by atoms with Gasteiger partial charge in [0.05, 0.1) is 4.90 Å². The molecule has 9 heteroatoms. The molecule has 32 heavy (non-hydrogen) atoms. The number of piperazine rings is 1. The second-order valence-electron chi connectivity index (χ2n) is 7.76. The molecule has 3 aromatic rings. The van der Waals surface area contributed by atoms with Crippen LogP contribution in [0.5, 0.6) is 0 Å². The normalized spacial score (nSPS) is 15.6. The van der Waals surface area contributed by atoms with Crippen LogP contribution in [0.4, 0.5) is 5.69 Å². The van der Waals surface area contributed by atoms with Gasteiger partial charge in [-0.2, -0.15) is 4.31 Å². The SMILES string of the molecule is CCN1CCN(S(=O)(=O)c2ccc(NC(=O)c3cc(-c4ccc(C)cc4)no3)cc2)CC1. The van der Waals surface area contributed by atoms with E-state index in [1.54, 1.807) is 18.2 Å². The summed E-state index contributed by atoms with van der Waals surface area (Å²) in [6, 6.07) is 15.5. The monoisotopic (exact) mass is 454 g/mol. The molecule has 1 aromatic heterocycles. The Bertz CT molecular complexity index is 1180. The fourth-order valence-corrected chi connectivity index (χ4v) is 5.00. The van der Waals surface area contributed by atoms with E-state index in [9.17, 15) is 13.2 Å². The van der Waals surface area contributed by atoms with Crippen LogP contribution in [0.1, 0.15) is 23.0 Å². The van der Waals surface area contributed by atoms with E-state index in [1.807, 2.05) is 31.2 Å². The lowest BCUT2D eigenvalue weighted by Crippen LogP contribution is -2.48. The van der Waals surface area contributed by atoms with Crippen LogP contribution in [0.3, 0.4) is 0 Å². The van der Waals surface area contributed by atoms with Crippen molar-refractivity contribution in [1.29, 1.82) is 0 Å². The van der Waals surface area contributed by atoms with Gasteiger partial charge in [-0.15, -0.1) is 0 Å². The van der Waals surface area contributed by atoms with Gasteiger partial charge in [-0.3, -0.25) is 4.79 Å². The van der Waals surface area contributed by atoms with Gasteiger partial charge in [0.1, 0.15) is 5.69 Å². The number of rotatable bonds is 6. The number of aromatic nitrogens is 1. The molecule has 1 aliphatic rings. The minimum Gasteiger partial charge on any atom is -0.350 e. The first-order chi connectivity index (χ1) is 15.4. The third-order valence-corrected chi connectivity index (χ3v) is 7.52. The maximum atomic E-state index is 12.9. The maximum Gasteiger partial charge on any atom is 0.294 e. The number of amides is 1. The molecule has 1 amide bonds. The zero-order valence-corrected chi connectivity index (χ0v) is 18.9. The van der Waals surface area contributed by atoms with E-state index >= 15 is 0 Å². The van der Waals surface area contributed by atoms with Gasteiger partial charge in [-0.1, -0.05) is 41.9 Å². The first-order valence-electron chi connectivity index (χ1n) is 10.5.